The summed E-state index contributed by atoms with van der Waals surface area (Å²) in [7, 11) is 0. The van der Waals surface area contributed by atoms with E-state index in [1.807, 2.05) is 42.5 Å². The van der Waals surface area contributed by atoms with Gasteiger partial charge in [-0.1, -0.05) is 241 Å². The Morgan fingerprint density at radius 1 is 0.176 bits per heavy atom. The van der Waals surface area contributed by atoms with Crippen LogP contribution in [-0.4, -0.2) is 37.7 Å². The lowest BCUT2D eigenvalue weighted by atomic mass is 10.1. The molecule has 0 radical (unpaired) electrons. The first-order chi connectivity index (χ1) is 33.5. The fourth-order valence-electron chi connectivity index (χ4n) is 5.07. The Labute approximate surface area is 419 Å². The minimum atomic E-state index is 0.774. The van der Waals surface area contributed by atoms with Crippen molar-refractivity contribution in [2.75, 3.05) is 0 Å². The Balaban J connectivity index is -0.000000170. The van der Waals surface area contributed by atoms with Crippen LogP contribution in [-0.2, 0) is 28.8 Å². The van der Waals surface area contributed by atoms with Gasteiger partial charge in [0.2, 0.25) is 0 Å². The SMILES string of the molecule is CCCC=CC=CC=O.CCCCC=CC=CC=O.CCCCCC=CC=CC=O.CCCCCC=CCCC=CC=O.CCCCCCC=CC=CC=O.CCCCCCCC=CC=CC=O. The van der Waals surface area contributed by atoms with E-state index in [0.717, 1.165) is 89.1 Å². The van der Waals surface area contributed by atoms with E-state index < -0.39 is 0 Å². The van der Waals surface area contributed by atoms with E-state index >= 15 is 0 Å². The van der Waals surface area contributed by atoms with Crippen molar-refractivity contribution in [3.63, 3.8) is 0 Å². The quantitative estimate of drug-likeness (QED) is 0.0201. The summed E-state index contributed by atoms with van der Waals surface area (Å²) in [5.41, 5.74) is 0. The molecule has 6 nitrogen and oxygen atoms in total. The highest BCUT2D eigenvalue weighted by Gasteiger charge is 1.86. The second-order valence-electron chi connectivity index (χ2n) is 15.3. The Morgan fingerprint density at radius 3 is 0.750 bits per heavy atom. The Kier molecular flexibility index (Phi) is 97.0. The van der Waals surface area contributed by atoms with Crippen LogP contribution in [0, 0.1) is 0 Å². The van der Waals surface area contributed by atoms with Crippen molar-refractivity contribution in [2.45, 2.75) is 208 Å². The number of allylic oxidation sites excluding steroid dienone is 24. The molecule has 0 spiro atoms. The van der Waals surface area contributed by atoms with Crippen LogP contribution in [0.4, 0.5) is 0 Å². The first-order valence-corrected chi connectivity index (χ1v) is 26.1. The zero-order valence-electron chi connectivity index (χ0n) is 44.2. The number of hydrogen-bond acceptors (Lipinski definition) is 6. The van der Waals surface area contributed by atoms with Gasteiger partial charge in [0.05, 0.1) is 0 Å². The van der Waals surface area contributed by atoms with Crippen molar-refractivity contribution in [2.24, 2.45) is 0 Å². The third kappa shape index (κ3) is 108. The van der Waals surface area contributed by atoms with E-state index in [9.17, 15) is 28.8 Å². The normalized spacial score (nSPS) is 11.4. The minimum absolute atomic E-state index is 0.774. The maximum atomic E-state index is 9.91. The lowest BCUT2D eigenvalue weighted by Crippen LogP contribution is -1.75. The first-order valence-electron chi connectivity index (χ1n) is 26.1. The van der Waals surface area contributed by atoms with E-state index in [-0.39, 0.29) is 0 Å². The van der Waals surface area contributed by atoms with Crippen LogP contribution in [0.1, 0.15) is 208 Å². The molecule has 0 aliphatic rings. The molecule has 0 aliphatic carbocycles. The van der Waals surface area contributed by atoms with Gasteiger partial charge in [-0.05, 0) is 114 Å². The fraction of sp³-hybridized carbons (Fsp3) is 0.516. The molecule has 0 aromatic rings. The minimum Gasteiger partial charge on any atom is -0.299 e. The number of unbranched alkanes of at least 4 members (excludes halogenated alkanes) is 19. The van der Waals surface area contributed by atoms with Gasteiger partial charge >= 0.3 is 0 Å². The Morgan fingerprint density at radius 2 is 0.412 bits per heavy atom. The van der Waals surface area contributed by atoms with Crippen molar-refractivity contribution in [3.8, 4) is 0 Å². The lowest BCUT2D eigenvalue weighted by Gasteiger charge is -1.95. The second-order valence-corrected chi connectivity index (χ2v) is 15.3. The maximum Gasteiger partial charge on any atom is 0.142 e. The largest absolute Gasteiger partial charge is 0.299 e. The third-order valence-corrected chi connectivity index (χ3v) is 8.89. The number of carbonyl (C=O) groups excluding carboxylic acids is 6. The molecule has 0 aromatic carbocycles. The van der Waals surface area contributed by atoms with Gasteiger partial charge in [0, 0.05) is 0 Å². The van der Waals surface area contributed by atoms with E-state index in [2.05, 4.69) is 78.0 Å². The molecular weight excluding hydrogens is 841 g/mol. The highest BCUT2D eigenvalue weighted by Crippen LogP contribution is 2.06. The standard InChI is InChI=1S/2C12H20O.C11H18O.C10H16O.C9H14O.C8H12O/c2*1-2-3-4-5-6-7-8-9-10-11-12-13;1-2-3-4-5-6-7-8-9-10-11-12;1-2-3-4-5-6-7-8-9-10-11;1-2-3-4-5-6-7-8-9-10;1-2-3-4-5-6-7-8-9/h8-12H,2-7H2,1H3;6-7,10-12H,2-5,8-9H2,1H3;7-11H,2-6H2,1H3;6-10H,2-5H2,1H3;5-9H,2-4H2,1H3;4-8H,2-3H2,1H3. The van der Waals surface area contributed by atoms with Crippen LogP contribution < -0.4 is 0 Å². The number of aldehydes is 6. The zero-order chi connectivity index (χ0) is 51.6. The predicted octanol–water partition coefficient (Wildman–Crippen LogP) is 18.0. The highest BCUT2D eigenvalue weighted by molar-refractivity contribution is 5.66. The summed E-state index contributed by atoms with van der Waals surface area (Å²) in [4.78, 5) is 59.0. The van der Waals surface area contributed by atoms with E-state index in [1.165, 1.54) is 146 Å². The highest BCUT2D eigenvalue weighted by atomic mass is 16.1. The Bertz CT molecular complexity index is 1360. The monoisotopic (exact) mass is 941 g/mol. The average Bonchev–Trinajstić information content (AvgIpc) is 3.36. The van der Waals surface area contributed by atoms with Crippen molar-refractivity contribution in [1.29, 1.82) is 0 Å². The van der Waals surface area contributed by atoms with E-state index in [0.29, 0.717) is 0 Å². The molecule has 0 N–H and O–H groups in total. The summed E-state index contributed by atoms with van der Waals surface area (Å²) < 4.78 is 0. The van der Waals surface area contributed by atoms with Crippen LogP contribution in [0.2, 0.25) is 0 Å². The molecule has 0 amide bonds. The summed E-state index contributed by atoms with van der Waals surface area (Å²) >= 11 is 0. The summed E-state index contributed by atoms with van der Waals surface area (Å²) in [5.74, 6) is 0. The molecular formula is C62H100O6. The third-order valence-electron chi connectivity index (χ3n) is 8.89. The second kappa shape index (κ2) is 88.6. The van der Waals surface area contributed by atoms with Gasteiger partial charge in [0.15, 0.2) is 0 Å². The van der Waals surface area contributed by atoms with Crippen molar-refractivity contribution in [3.05, 3.63) is 146 Å². The Hall–Kier alpha value is -5.10. The molecule has 0 bridgehead atoms. The summed E-state index contributed by atoms with van der Waals surface area (Å²) in [6.07, 6.45) is 80.9. The van der Waals surface area contributed by atoms with Crippen molar-refractivity contribution in [1.82, 2.24) is 0 Å². The van der Waals surface area contributed by atoms with Crippen molar-refractivity contribution < 1.29 is 28.8 Å². The molecule has 0 aromatic heterocycles. The fourth-order valence-corrected chi connectivity index (χ4v) is 5.07. The van der Waals surface area contributed by atoms with Crippen LogP contribution >= 0.6 is 0 Å². The summed E-state index contributed by atoms with van der Waals surface area (Å²) in [6, 6.07) is 0. The number of carbonyl (C=O) groups is 6. The van der Waals surface area contributed by atoms with Gasteiger partial charge in [-0.3, -0.25) is 28.8 Å². The van der Waals surface area contributed by atoms with Crippen LogP contribution in [0.5, 0.6) is 0 Å². The molecule has 0 fully saturated rings. The molecule has 0 heterocycles. The predicted molar refractivity (Wildman–Crippen MR) is 300 cm³/mol. The molecule has 0 aliphatic heterocycles. The smallest absolute Gasteiger partial charge is 0.142 e. The molecule has 68 heavy (non-hydrogen) atoms. The first kappa shape index (κ1) is 74.4. The topological polar surface area (TPSA) is 102 Å². The van der Waals surface area contributed by atoms with E-state index in [1.54, 1.807) is 36.5 Å². The lowest BCUT2D eigenvalue weighted by molar-refractivity contribution is -0.104. The average molecular weight is 941 g/mol. The zero-order valence-corrected chi connectivity index (χ0v) is 44.2. The van der Waals surface area contributed by atoms with Gasteiger partial charge in [-0.25, -0.2) is 0 Å². The summed E-state index contributed by atoms with van der Waals surface area (Å²) in [5, 5.41) is 0. The van der Waals surface area contributed by atoms with Crippen LogP contribution in [0.3, 0.4) is 0 Å². The van der Waals surface area contributed by atoms with Gasteiger partial charge in [-0.15, -0.1) is 0 Å². The number of rotatable bonds is 38. The molecule has 6 heteroatoms. The molecule has 0 saturated carbocycles. The van der Waals surface area contributed by atoms with Gasteiger partial charge in [-0.2, -0.15) is 0 Å². The summed E-state index contributed by atoms with van der Waals surface area (Å²) in [6.45, 7) is 13.1. The van der Waals surface area contributed by atoms with Crippen molar-refractivity contribution >= 4 is 37.7 Å². The number of hydrogen-bond donors (Lipinski definition) is 0. The molecule has 384 valence electrons. The van der Waals surface area contributed by atoms with Crippen LogP contribution in [0.25, 0.3) is 0 Å². The maximum absolute atomic E-state index is 9.91. The van der Waals surface area contributed by atoms with Gasteiger partial charge in [0.1, 0.15) is 37.7 Å². The molecule has 0 saturated heterocycles. The van der Waals surface area contributed by atoms with Gasteiger partial charge in [0.25, 0.3) is 0 Å². The molecule has 0 atom stereocenters. The molecule has 0 rings (SSSR count). The van der Waals surface area contributed by atoms with Crippen LogP contribution in [0.15, 0.2) is 146 Å². The van der Waals surface area contributed by atoms with Gasteiger partial charge < -0.3 is 0 Å². The molecule has 0 unspecified atom stereocenters. The van der Waals surface area contributed by atoms with E-state index in [4.69, 9.17) is 0 Å².